The molecule has 3 N–H and O–H groups in total. The van der Waals surface area contributed by atoms with Crippen molar-refractivity contribution in [1.29, 1.82) is 0 Å². The molecular formula is C29H26F3N5O3S. The first-order valence-corrected chi connectivity index (χ1v) is 13.2. The molecule has 212 valence electrons. The molecular weight excluding hydrogens is 555 g/mol. The predicted molar refractivity (Wildman–Crippen MR) is 152 cm³/mol. The summed E-state index contributed by atoms with van der Waals surface area (Å²) in [6.07, 6.45) is -0.930. The van der Waals surface area contributed by atoms with Crippen LogP contribution in [0.15, 0.2) is 94.8 Å². The van der Waals surface area contributed by atoms with Gasteiger partial charge in [0.15, 0.2) is 0 Å². The SMILES string of the molecule is Cn1c(=O)n(Cc2ccccc2)c(=O)c2cc(C(=O)NCc3cccnc3)sc21.NCc1cccc(C(F)(F)F)c1. The fourth-order valence-corrected chi connectivity index (χ4v) is 4.97. The Morgan fingerprint density at radius 2 is 1.68 bits per heavy atom. The highest BCUT2D eigenvalue weighted by Crippen LogP contribution is 2.29. The summed E-state index contributed by atoms with van der Waals surface area (Å²) in [6.45, 7) is 0.642. The first kappa shape index (κ1) is 29.4. The number of benzene rings is 2. The van der Waals surface area contributed by atoms with Crippen LogP contribution in [0.25, 0.3) is 10.2 Å². The summed E-state index contributed by atoms with van der Waals surface area (Å²) in [6, 6.07) is 19.5. The van der Waals surface area contributed by atoms with Crippen molar-refractivity contribution in [1.82, 2.24) is 19.4 Å². The standard InChI is InChI=1S/C21H18N4O3S.C8H8F3N/c1-24-20-16(19(27)25(21(24)28)13-14-6-3-2-4-7-14)10-17(29-20)18(26)23-12-15-8-5-9-22-11-15;9-8(10,11)7-3-1-2-6(4-7)5-12/h2-11H,12-13H2,1H3,(H,23,26);1-4H,5,12H2. The van der Waals surface area contributed by atoms with E-state index in [1.165, 1.54) is 15.2 Å². The number of pyridine rings is 1. The normalized spacial score (nSPS) is 11.1. The molecule has 5 aromatic rings. The van der Waals surface area contributed by atoms with Crippen LogP contribution in [-0.2, 0) is 32.9 Å². The first-order chi connectivity index (χ1) is 19.6. The van der Waals surface area contributed by atoms with Crippen molar-refractivity contribution in [2.45, 2.75) is 25.8 Å². The number of carbonyl (C=O) groups excluding carboxylic acids is 1. The minimum Gasteiger partial charge on any atom is -0.347 e. The number of aryl methyl sites for hydroxylation is 1. The third-order valence-electron chi connectivity index (χ3n) is 6.08. The molecule has 0 aliphatic heterocycles. The number of aromatic nitrogens is 3. The zero-order valence-electron chi connectivity index (χ0n) is 21.9. The van der Waals surface area contributed by atoms with Gasteiger partial charge in [0.05, 0.1) is 22.4 Å². The van der Waals surface area contributed by atoms with Crippen molar-refractivity contribution in [2.24, 2.45) is 12.8 Å². The van der Waals surface area contributed by atoms with Crippen molar-refractivity contribution in [3.05, 3.63) is 133 Å². The Balaban J connectivity index is 0.000000271. The van der Waals surface area contributed by atoms with Crippen LogP contribution in [0, 0.1) is 0 Å². The molecule has 0 spiro atoms. The van der Waals surface area contributed by atoms with Crippen LogP contribution in [0.5, 0.6) is 0 Å². The molecule has 5 rings (SSSR count). The largest absolute Gasteiger partial charge is 0.416 e. The van der Waals surface area contributed by atoms with E-state index in [0.717, 1.165) is 34.6 Å². The maximum Gasteiger partial charge on any atom is 0.416 e. The first-order valence-electron chi connectivity index (χ1n) is 12.4. The van der Waals surface area contributed by atoms with Crippen LogP contribution in [0.4, 0.5) is 13.2 Å². The molecule has 0 aliphatic carbocycles. The van der Waals surface area contributed by atoms with Gasteiger partial charge in [0.25, 0.3) is 11.5 Å². The van der Waals surface area contributed by atoms with Crippen LogP contribution < -0.4 is 22.3 Å². The lowest BCUT2D eigenvalue weighted by Crippen LogP contribution is -2.38. The predicted octanol–water partition coefficient (Wildman–Crippen LogP) is 4.30. The molecule has 0 bridgehead atoms. The highest BCUT2D eigenvalue weighted by molar-refractivity contribution is 7.20. The molecule has 0 fully saturated rings. The average molecular weight is 582 g/mol. The number of hydrogen-bond acceptors (Lipinski definition) is 6. The van der Waals surface area contributed by atoms with Gasteiger partial charge in [-0.25, -0.2) is 4.79 Å². The molecule has 8 nitrogen and oxygen atoms in total. The maximum absolute atomic E-state index is 12.9. The summed E-state index contributed by atoms with van der Waals surface area (Å²) < 4.78 is 38.8. The van der Waals surface area contributed by atoms with Crippen molar-refractivity contribution in [2.75, 3.05) is 0 Å². The van der Waals surface area contributed by atoms with Crippen LogP contribution in [0.2, 0.25) is 0 Å². The van der Waals surface area contributed by atoms with Gasteiger partial charge in [-0.2, -0.15) is 13.2 Å². The fourth-order valence-electron chi connectivity index (χ4n) is 3.95. The van der Waals surface area contributed by atoms with Crippen molar-refractivity contribution < 1.29 is 18.0 Å². The molecule has 3 aromatic heterocycles. The number of amides is 1. The highest BCUT2D eigenvalue weighted by Gasteiger charge is 2.30. The number of nitrogens with two attached hydrogens (primary N) is 1. The van der Waals surface area contributed by atoms with Gasteiger partial charge in [-0.05, 0) is 34.9 Å². The summed E-state index contributed by atoms with van der Waals surface area (Å²) in [7, 11) is 1.61. The van der Waals surface area contributed by atoms with Gasteiger partial charge in [-0.3, -0.25) is 23.7 Å². The minimum absolute atomic E-state index is 0.129. The van der Waals surface area contributed by atoms with Gasteiger partial charge in [0.1, 0.15) is 4.83 Å². The molecule has 0 aliphatic rings. The van der Waals surface area contributed by atoms with Gasteiger partial charge in [0, 0.05) is 32.5 Å². The Hall–Kier alpha value is -4.55. The van der Waals surface area contributed by atoms with E-state index in [1.807, 2.05) is 36.4 Å². The molecule has 2 aromatic carbocycles. The second-order valence-electron chi connectivity index (χ2n) is 8.99. The number of rotatable bonds is 6. The van der Waals surface area contributed by atoms with E-state index < -0.39 is 23.0 Å². The third-order valence-corrected chi connectivity index (χ3v) is 7.29. The minimum atomic E-state index is -4.27. The summed E-state index contributed by atoms with van der Waals surface area (Å²) in [5.74, 6) is -0.295. The summed E-state index contributed by atoms with van der Waals surface area (Å²) in [5.41, 5.74) is 5.97. The number of hydrogen-bond donors (Lipinski definition) is 2. The lowest BCUT2D eigenvalue weighted by molar-refractivity contribution is -0.137. The molecule has 0 saturated heterocycles. The van der Waals surface area contributed by atoms with Gasteiger partial charge in [-0.15, -0.1) is 11.3 Å². The zero-order chi connectivity index (χ0) is 29.6. The summed E-state index contributed by atoms with van der Waals surface area (Å²) >= 11 is 1.13. The Bertz CT molecular complexity index is 1760. The van der Waals surface area contributed by atoms with Gasteiger partial charge in [0.2, 0.25) is 0 Å². The topological polar surface area (TPSA) is 112 Å². The molecule has 0 radical (unpaired) electrons. The fraction of sp³-hybridized carbons (Fsp3) is 0.172. The Labute approximate surface area is 236 Å². The van der Waals surface area contributed by atoms with Crippen LogP contribution in [0.3, 0.4) is 0 Å². The van der Waals surface area contributed by atoms with Crippen LogP contribution in [0.1, 0.15) is 31.9 Å². The third kappa shape index (κ3) is 7.16. The molecule has 3 heterocycles. The van der Waals surface area contributed by atoms with E-state index in [1.54, 1.807) is 37.6 Å². The number of alkyl halides is 3. The van der Waals surface area contributed by atoms with E-state index >= 15 is 0 Å². The molecule has 41 heavy (non-hydrogen) atoms. The molecule has 0 unspecified atom stereocenters. The van der Waals surface area contributed by atoms with Gasteiger partial charge in [-0.1, -0.05) is 54.6 Å². The monoisotopic (exact) mass is 581 g/mol. The van der Waals surface area contributed by atoms with Crippen molar-refractivity contribution in [3.8, 4) is 0 Å². The van der Waals surface area contributed by atoms with E-state index in [-0.39, 0.29) is 19.0 Å². The average Bonchev–Trinajstić information content (AvgIpc) is 3.44. The van der Waals surface area contributed by atoms with Crippen LogP contribution in [-0.4, -0.2) is 20.0 Å². The van der Waals surface area contributed by atoms with Gasteiger partial charge >= 0.3 is 11.9 Å². The zero-order valence-corrected chi connectivity index (χ0v) is 22.7. The van der Waals surface area contributed by atoms with Gasteiger partial charge < -0.3 is 11.1 Å². The van der Waals surface area contributed by atoms with Crippen molar-refractivity contribution >= 4 is 27.5 Å². The number of fused-ring (bicyclic) bond motifs is 1. The van der Waals surface area contributed by atoms with E-state index in [9.17, 15) is 27.6 Å². The number of thiophene rings is 1. The van der Waals surface area contributed by atoms with E-state index in [0.29, 0.717) is 27.2 Å². The van der Waals surface area contributed by atoms with E-state index in [4.69, 9.17) is 5.73 Å². The molecule has 0 saturated carbocycles. The second-order valence-corrected chi connectivity index (χ2v) is 10.0. The molecule has 12 heteroatoms. The second kappa shape index (κ2) is 12.7. The van der Waals surface area contributed by atoms with E-state index in [2.05, 4.69) is 10.3 Å². The number of halogens is 3. The van der Waals surface area contributed by atoms with Crippen molar-refractivity contribution in [3.63, 3.8) is 0 Å². The quantitative estimate of drug-likeness (QED) is 0.311. The Morgan fingerprint density at radius 3 is 2.34 bits per heavy atom. The number of nitrogens with zero attached hydrogens (tertiary/aromatic N) is 3. The Morgan fingerprint density at radius 1 is 0.976 bits per heavy atom. The maximum atomic E-state index is 12.9. The highest BCUT2D eigenvalue weighted by atomic mass is 32.1. The smallest absolute Gasteiger partial charge is 0.347 e. The molecule has 0 atom stereocenters. The Kier molecular flexibility index (Phi) is 9.15. The number of nitrogens with one attached hydrogen (secondary N) is 1. The molecule has 1 amide bonds. The van der Waals surface area contributed by atoms with Crippen LogP contribution >= 0.6 is 11.3 Å². The lowest BCUT2D eigenvalue weighted by Gasteiger charge is -2.08. The lowest BCUT2D eigenvalue weighted by atomic mass is 10.1. The summed E-state index contributed by atoms with van der Waals surface area (Å²) in [5, 5.41) is 3.18. The summed E-state index contributed by atoms with van der Waals surface area (Å²) in [4.78, 5) is 43.1. The number of carbonyl (C=O) groups is 1.